The third kappa shape index (κ3) is 4.66. The molecule has 0 spiro atoms. The molecule has 188 valence electrons. The molecule has 11 heteroatoms. The Morgan fingerprint density at radius 2 is 1.80 bits per heavy atom. The van der Waals surface area contributed by atoms with Gasteiger partial charge in [0.05, 0.1) is 22.9 Å². The van der Waals surface area contributed by atoms with Crippen molar-refractivity contribution in [1.29, 1.82) is 0 Å². The number of nitrogens with zero attached hydrogens (tertiary/aromatic N) is 3. The van der Waals surface area contributed by atoms with Gasteiger partial charge in [0.1, 0.15) is 11.4 Å². The van der Waals surface area contributed by atoms with E-state index in [-0.39, 0.29) is 18.2 Å². The predicted molar refractivity (Wildman–Crippen MR) is 127 cm³/mol. The first-order valence-electron chi connectivity index (χ1n) is 10.9. The van der Waals surface area contributed by atoms with Crippen LogP contribution in [0, 0.1) is 0 Å². The van der Waals surface area contributed by atoms with Crippen LogP contribution in [0.5, 0.6) is 0 Å². The number of halogens is 3. The molecule has 1 amide bonds. The summed E-state index contributed by atoms with van der Waals surface area (Å²) in [6.45, 7) is 5.69. The normalized spacial score (nSPS) is 22.7. The van der Waals surface area contributed by atoms with Crippen LogP contribution < -0.4 is 5.56 Å². The average molecular weight is 510 g/mol. The van der Waals surface area contributed by atoms with E-state index in [2.05, 4.69) is 4.98 Å². The zero-order valence-electron chi connectivity index (χ0n) is 19.7. The highest BCUT2D eigenvalue weighted by Gasteiger charge is 2.59. The maximum absolute atomic E-state index is 12.7. The molecule has 2 N–H and O–H groups in total. The summed E-state index contributed by atoms with van der Waals surface area (Å²) >= 11 is 1.19. The second-order valence-electron chi connectivity index (χ2n) is 10.4. The number of carboxylic acid groups (broad SMARTS) is 1. The second kappa shape index (κ2) is 8.06. The highest BCUT2D eigenvalue weighted by Crippen LogP contribution is 2.54. The number of hydrogen-bond acceptors (Lipinski definition) is 5. The summed E-state index contributed by atoms with van der Waals surface area (Å²) < 4.78 is 38.8. The number of alkyl halides is 3. The van der Waals surface area contributed by atoms with Crippen LogP contribution in [0.15, 0.2) is 41.5 Å². The first kappa shape index (κ1) is 25.2. The van der Waals surface area contributed by atoms with Crippen LogP contribution in [0.25, 0.3) is 20.7 Å². The molecule has 7 nitrogen and oxygen atoms in total. The lowest BCUT2D eigenvalue weighted by Gasteiger charge is -2.60. The Hall–Kier alpha value is -2.92. The van der Waals surface area contributed by atoms with E-state index in [0.29, 0.717) is 14.3 Å². The smallest absolute Gasteiger partial charge is 0.408 e. The van der Waals surface area contributed by atoms with Crippen molar-refractivity contribution in [2.24, 2.45) is 0 Å². The minimum Gasteiger partial charge on any atom is -0.465 e. The summed E-state index contributed by atoms with van der Waals surface area (Å²) in [5.41, 5.74) is -1.92. The predicted octanol–water partition coefficient (Wildman–Crippen LogP) is 5.21. The minimum absolute atomic E-state index is 0.108. The van der Waals surface area contributed by atoms with Crippen LogP contribution in [0.4, 0.5) is 18.0 Å². The average Bonchev–Trinajstić information content (AvgIpc) is 3.11. The lowest BCUT2D eigenvalue weighted by molar-refractivity contribution is -0.152. The first-order chi connectivity index (χ1) is 16.0. The monoisotopic (exact) mass is 509 g/mol. The van der Waals surface area contributed by atoms with E-state index in [1.807, 2.05) is 0 Å². The van der Waals surface area contributed by atoms with Gasteiger partial charge in [-0.05, 0) is 44.9 Å². The fraction of sp³-hybridized carbons (Fsp3) is 0.458. The number of amides is 1. The first-order valence-corrected chi connectivity index (χ1v) is 11.8. The topological polar surface area (TPSA) is 95.7 Å². The lowest BCUT2D eigenvalue weighted by Crippen LogP contribution is -2.67. The molecule has 1 aliphatic carbocycles. The van der Waals surface area contributed by atoms with Crippen molar-refractivity contribution < 1.29 is 28.2 Å². The van der Waals surface area contributed by atoms with E-state index >= 15 is 0 Å². The van der Waals surface area contributed by atoms with Crippen molar-refractivity contribution in [3.05, 3.63) is 52.6 Å². The number of benzene rings is 1. The van der Waals surface area contributed by atoms with Gasteiger partial charge in [0.15, 0.2) is 0 Å². The van der Waals surface area contributed by atoms with Gasteiger partial charge in [-0.1, -0.05) is 24.3 Å². The van der Waals surface area contributed by atoms with E-state index in [4.69, 9.17) is 0 Å². The van der Waals surface area contributed by atoms with Gasteiger partial charge in [-0.3, -0.25) is 14.3 Å². The standard InChI is InChI=1S/C24H26F3N3O4S/c1-21(2,3)30(20(32)33)23(10-22(4,34)11-23)15-7-5-14(6-8-15)17-9-16-18(35-17)28-13-29(19(16)31)12-24(25,26)27/h5-9,13,34H,10-12H2,1-4H3,(H,32,33)/t22-,23+. The Balaban J connectivity index is 1.72. The summed E-state index contributed by atoms with van der Waals surface area (Å²) in [4.78, 5) is 31.2. The molecule has 0 unspecified atom stereocenters. The van der Waals surface area contributed by atoms with Gasteiger partial charge in [0, 0.05) is 23.3 Å². The summed E-state index contributed by atoms with van der Waals surface area (Å²) in [5.74, 6) is 0. The van der Waals surface area contributed by atoms with Crippen LogP contribution in [-0.4, -0.2) is 48.1 Å². The fourth-order valence-electron chi connectivity index (χ4n) is 5.16. The second-order valence-corrected chi connectivity index (χ2v) is 11.4. The Morgan fingerprint density at radius 3 is 2.29 bits per heavy atom. The van der Waals surface area contributed by atoms with Crippen molar-refractivity contribution in [3.8, 4) is 10.4 Å². The van der Waals surface area contributed by atoms with E-state index < -0.39 is 41.1 Å². The molecule has 0 radical (unpaired) electrons. The molecule has 1 aliphatic rings. The van der Waals surface area contributed by atoms with Crippen LogP contribution >= 0.6 is 11.3 Å². The fourth-order valence-corrected chi connectivity index (χ4v) is 6.16. The SMILES string of the molecule is CC(C)(C)N(C(=O)O)[C@]1(c2ccc(-c3cc4c(=O)n(CC(F)(F)F)cnc4s3)cc2)C[C@](C)(O)C1. The molecule has 0 bridgehead atoms. The number of carbonyl (C=O) groups is 1. The molecular weight excluding hydrogens is 483 g/mol. The maximum atomic E-state index is 12.7. The largest absolute Gasteiger partial charge is 0.465 e. The highest BCUT2D eigenvalue weighted by atomic mass is 32.1. The van der Waals surface area contributed by atoms with Crippen molar-refractivity contribution in [2.45, 2.75) is 69.9 Å². The molecule has 1 aromatic carbocycles. The van der Waals surface area contributed by atoms with Gasteiger partial charge in [-0.15, -0.1) is 11.3 Å². The van der Waals surface area contributed by atoms with Crippen molar-refractivity contribution in [2.75, 3.05) is 0 Å². The van der Waals surface area contributed by atoms with Crippen LogP contribution in [0.1, 0.15) is 46.1 Å². The van der Waals surface area contributed by atoms with Crippen molar-refractivity contribution in [3.63, 3.8) is 0 Å². The number of thiophene rings is 1. The summed E-state index contributed by atoms with van der Waals surface area (Å²) in [7, 11) is 0. The number of rotatable bonds is 4. The van der Waals surface area contributed by atoms with E-state index in [1.165, 1.54) is 22.3 Å². The Bertz CT molecular complexity index is 1330. The molecule has 2 heterocycles. The summed E-state index contributed by atoms with van der Waals surface area (Å²) in [6, 6.07) is 8.69. The molecule has 4 rings (SSSR count). The molecular formula is C24H26F3N3O4S. The third-order valence-corrected chi connectivity index (χ3v) is 7.30. The third-order valence-electron chi connectivity index (χ3n) is 6.21. The van der Waals surface area contributed by atoms with Crippen LogP contribution in [-0.2, 0) is 12.1 Å². The van der Waals surface area contributed by atoms with Crippen molar-refractivity contribution >= 4 is 27.6 Å². The highest BCUT2D eigenvalue weighted by molar-refractivity contribution is 7.21. The van der Waals surface area contributed by atoms with Gasteiger partial charge in [0.2, 0.25) is 0 Å². The van der Waals surface area contributed by atoms with Gasteiger partial charge < -0.3 is 10.2 Å². The lowest BCUT2D eigenvalue weighted by atomic mass is 9.60. The number of fused-ring (bicyclic) bond motifs is 1. The Kier molecular flexibility index (Phi) is 5.80. The zero-order chi connectivity index (χ0) is 26.0. The molecule has 1 fully saturated rings. The van der Waals surface area contributed by atoms with Gasteiger partial charge in [-0.2, -0.15) is 13.2 Å². The molecule has 0 aliphatic heterocycles. The molecule has 0 saturated heterocycles. The molecule has 0 atom stereocenters. The number of aliphatic hydroxyl groups is 1. The van der Waals surface area contributed by atoms with Crippen LogP contribution in [0.2, 0.25) is 0 Å². The molecule has 3 aromatic rings. The summed E-state index contributed by atoms with van der Waals surface area (Å²) in [6.07, 6.45) is -4.22. The Labute approximate surface area is 203 Å². The molecule has 35 heavy (non-hydrogen) atoms. The van der Waals surface area contributed by atoms with Crippen LogP contribution in [0.3, 0.4) is 0 Å². The zero-order valence-corrected chi connectivity index (χ0v) is 20.5. The summed E-state index contributed by atoms with van der Waals surface area (Å²) in [5, 5.41) is 20.6. The van der Waals surface area contributed by atoms with Gasteiger partial charge in [0.25, 0.3) is 5.56 Å². The van der Waals surface area contributed by atoms with E-state index in [0.717, 1.165) is 17.5 Å². The number of hydrogen-bond donors (Lipinski definition) is 2. The number of aromatic nitrogens is 2. The van der Waals surface area contributed by atoms with Crippen molar-refractivity contribution in [1.82, 2.24) is 14.5 Å². The van der Waals surface area contributed by atoms with Gasteiger partial charge >= 0.3 is 12.3 Å². The van der Waals surface area contributed by atoms with E-state index in [9.17, 15) is 33.0 Å². The minimum atomic E-state index is -4.53. The maximum Gasteiger partial charge on any atom is 0.408 e. The quantitative estimate of drug-likeness (QED) is 0.504. The van der Waals surface area contributed by atoms with E-state index in [1.54, 1.807) is 52.0 Å². The Morgan fingerprint density at radius 1 is 1.20 bits per heavy atom. The van der Waals surface area contributed by atoms with Gasteiger partial charge in [-0.25, -0.2) is 9.78 Å². The molecule has 1 saturated carbocycles. The molecule has 2 aromatic heterocycles.